The lowest BCUT2D eigenvalue weighted by Gasteiger charge is -2.30. The average molecular weight is 288 g/mol. The highest BCUT2D eigenvalue weighted by molar-refractivity contribution is 6.18. The normalized spacial score (nSPS) is 29.0. The Bertz CT molecular complexity index is 279. The number of amides is 1. The molecular formula is C15H26ClNO2. The van der Waals surface area contributed by atoms with Crippen LogP contribution in [0, 0.1) is 0 Å². The van der Waals surface area contributed by atoms with Gasteiger partial charge in [0.2, 0.25) is 5.91 Å². The zero-order chi connectivity index (χ0) is 13.5. The van der Waals surface area contributed by atoms with Gasteiger partial charge in [-0.05, 0) is 38.5 Å². The Labute approximate surface area is 121 Å². The van der Waals surface area contributed by atoms with Crippen LogP contribution in [-0.2, 0) is 9.53 Å². The SMILES string of the molecule is O=C(CCC1CCCCO1)N1CCCCCC1CCl. The van der Waals surface area contributed by atoms with E-state index in [1.54, 1.807) is 0 Å². The first kappa shape index (κ1) is 15.1. The molecule has 0 saturated carbocycles. The van der Waals surface area contributed by atoms with E-state index in [-0.39, 0.29) is 11.9 Å². The molecule has 0 aromatic rings. The van der Waals surface area contributed by atoms with Gasteiger partial charge in [-0.1, -0.05) is 12.8 Å². The van der Waals surface area contributed by atoms with E-state index in [2.05, 4.69) is 0 Å². The third kappa shape index (κ3) is 4.64. The van der Waals surface area contributed by atoms with Crippen molar-refractivity contribution >= 4 is 17.5 Å². The summed E-state index contributed by atoms with van der Waals surface area (Å²) in [6.45, 7) is 1.76. The van der Waals surface area contributed by atoms with Crippen molar-refractivity contribution in [3.8, 4) is 0 Å². The van der Waals surface area contributed by atoms with E-state index in [1.165, 1.54) is 25.7 Å². The summed E-state index contributed by atoms with van der Waals surface area (Å²) in [6, 6.07) is 0.254. The van der Waals surface area contributed by atoms with Crippen molar-refractivity contribution in [2.75, 3.05) is 19.0 Å². The van der Waals surface area contributed by atoms with Crippen molar-refractivity contribution in [2.45, 2.75) is 69.9 Å². The monoisotopic (exact) mass is 287 g/mol. The lowest BCUT2D eigenvalue weighted by molar-refractivity contribution is -0.134. The van der Waals surface area contributed by atoms with Gasteiger partial charge in [0.15, 0.2) is 0 Å². The highest BCUT2D eigenvalue weighted by atomic mass is 35.5. The van der Waals surface area contributed by atoms with Gasteiger partial charge in [0.05, 0.1) is 6.10 Å². The van der Waals surface area contributed by atoms with E-state index in [1.807, 2.05) is 4.90 Å². The molecule has 0 aromatic heterocycles. The summed E-state index contributed by atoms with van der Waals surface area (Å²) in [4.78, 5) is 14.4. The smallest absolute Gasteiger partial charge is 0.222 e. The van der Waals surface area contributed by atoms with E-state index in [4.69, 9.17) is 16.3 Å². The van der Waals surface area contributed by atoms with Crippen LogP contribution < -0.4 is 0 Å². The predicted octanol–water partition coefficient (Wildman–Crippen LogP) is 3.35. The maximum Gasteiger partial charge on any atom is 0.222 e. The molecule has 4 heteroatoms. The molecule has 2 aliphatic rings. The molecule has 2 unspecified atom stereocenters. The molecule has 19 heavy (non-hydrogen) atoms. The van der Waals surface area contributed by atoms with E-state index in [0.29, 0.717) is 18.4 Å². The number of likely N-dealkylation sites (tertiary alicyclic amines) is 1. The van der Waals surface area contributed by atoms with Gasteiger partial charge in [-0.15, -0.1) is 11.6 Å². The highest BCUT2D eigenvalue weighted by Crippen LogP contribution is 2.21. The van der Waals surface area contributed by atoms with Crippen LogP contribution in [0.1, 0.15) is 57.8 Å². The van der Waals surface area contributed by atoms with Crippen LogP contribution in [0.2, 0.25) is 0 Å². The predicted molar refractivity (Wildman–Crippen MR) is 77.5 cm³/mol. The Morgan fingerprint density at radius 1 is 1.16 bits per heavy atom. The molecule has 0 radical (unpaired) electrons. The fourth-order valence-electron chi connectivity index (χ4n) is 3.13. The topological polar surface area (TPSA) is 29.5 Å². The minimum atomic E-state index is 0.254. The molecule has 0 N–H and O–H groups in total. The quantitative estimate of drug-likeness (QED) is 0.742. The second-order valence-corrected chi connectivity index (χ2v) is 6.08. The van der Waals surface area contributed by atoms with Crippen molar-refractivity contribution in [1.29, 1.82) is 0 Å². The maximum absolute atomic E-state index is 12.4. The summed E-state index contributed by atoms with van der Waals surface area (Å²) in [5, 5.41) is 0. The first-order chi connectivity index (χ1) is 9.31. The molecule has 0 aliphatic carbocycles. The van der Waals surface area contributed by atoms with Crippen LogP contribution in [0.25, 0.3) is 0 Å². The van der Waals surface area contributed by atoms with Crippen LogP contribution in [0.4, 0.5) is 0 Å². The largest absolute Gasteiger partial charge is 0.378 e. The van der Waals surface area contributed by atoms with Gasteiger partial charge in [-0.25, -0.2) is 0 Å². The molecule has 2 heterocycles. The molecule has 110 valence electrons. The Balaban J connectivity index is 1.79. The zero-order valence-corrected chi connectivity index (χ0v) is 12.5. The molecule has 0 spiro atoms. The minimum absolute atomic E-state index is 0.254. The third-order valence-electron chi connectivity index (χ3n) is 4.33. The third-order valence-corrected chi connectivity index (χ3v) is 4.69. The van der Waals surface area contributed by atoms with Gasteiger partial charge in [-0.3, -0.25) is 4.79 Å². The number of halogens is 1. The van der Waals surface area contributed by atoms with Crippen molar-refractivity contribution < 1.29 is 9.53 Å². The van der Waals surface area contributed by atoms with Crippen molar-refractivity contribution in [2.24, 2.45) is 0 Å². The number of alkyl halides is 1. The van der Waals surface area contributed by atoms with E-state index >= 15 is 0 Å². The van der Waals surface area contributed by atoms with Gasteiger partial charge >= 0.3 is 0 Å². The van der Waals surface area contributed by atoms with Gasteiger partial charge in [0.25, 0.3) is 0 Å². The van der Waals surface area contributed by atoms with Gasteiger partial charge in [0, 0.05) is 31.5 Å². The molecule has 2 fully saturated rings. The number of carbonyl (C=O) groups is 1. The number of nitrogens with zero attached hydrogens (tertiary/aromatic N) is 1. The summed E-state index contributed by atoms with van der Waals surface area (Å²) in [5.74, 6) is 0.854. The second kappa shape index (κ2) is 8.11. The molecule has 0 bridgehead atoms. The number of carbonyl (C=O) groups excluding carboxylic acids is 1. The number of ether oxygens (including phenoxy) is 1. The summed E-state index contributed by atoms with van der Waals surface area (Å²) in [7, 11) is 0. The summed E-state index contributed by atoms with van der Waals surface area (Å²) in [6.07, 6.45) is 9.95. The molecule has 2 atom stereocenters. The van der Waals surface area contributed by atoms with Crippen LogP contribution in [0.3, 0.4) is 0 Å². The van der Waals surface area contributed by atoms with Crippen LogP contribution in [0.15, 0.2) is 0 Å². The first-order valence-electron chi connectivity index (χ1n) is 7.78. The van der Waals surface area contributed by atoms with E-state index in [0.717, 1.165) is 38.8 Å². The van der Waals surface area contributed by atoms with Gasteiger partial charge in [-0.2, -0.15) is 0 Å². The maximum atomic E-state index is 12.4. The van der Waals surface area contributed by atoms with Crippen LogP contribution in [0.5, 0.6) is 0 Å². The molecule has 0 aromatic carbocycles. The molecular weight excluding hydrogens is 262 g/mol. The fourth-order valence-corrected chi connectivity index (χ4v) is 3.45. The number of rotatable bonds is 4. The van der Waals surface area contributed by atoms with Gasteiger partial charge in [0.1, 0.15) is 0 Å². The van der Waals surface area contributed by atoms with E-state index in [9.17, 15) is 4.79 Å². The molecule has 2 rings (SSSR count). The van der Waals surface area contributed by atoms with Gasteiger partial charge < -0.3 is 9.64 Å². The summed E-state index contributed by atoms with van der Waals surface area (Å²) in [5.41, 5.74) is 0. The van der Waals surface area contributed by atoms with Crippen molar-refractivity contribution in [1.82, 2.24) is 4.90 Å². The molecule has 2 saturated heterocycles. The van der Waals surface area contributed by atoms with Crippen molar-refractivity contribution in [3.05, 3.63) is 0 Å². The Morgan fingerprint density at radius 2 is 2.00 bits per heavy atom. The molecule has 3 nitrogen and oxygen atoms in total. The number of hydrogen-bond donors (Lipinski definition) is 0. The lowest BCUT2D eigenvalue weighted by Crippen LogP contribution is -2.41. The number of hydrogen-bond acceptors (Lipinski definition) is 2. The zero-order valence-electron chi connectivity index (χ0n) is 11.8. The van der Waals surface area contributed by atoms with Crippen LogP contribution >= 0.6 is 11.6 Å². The fraction of sp³-hybridized carbons (Fsp3) is 0.933. The molecule has 1 amide bonds. The minimum Gasteiger partial charge on any atom is -0.378 e. The molecule has 2 aliphatic heterocycles. The second-order valence-electron chi connectivity index (χ2n) is 5.77. The summed E-state index contributed by atoms with van der Waals surface area (Å²) >= 11 is 6.02. The Morgan fingerprint density at radius 3 is 2.74 bits per heavy atom. The Kier molecular flexibility index (Phi) is 6.45. The average Bonchev–Trinajstić information content (AvgIpc) is 2.71. The Hall–Kier alpha value is -0.280. The lowest BCUT2D eigenvalue weighted by atomic mass is 10.0. The van der Waals surface area contributed by atoms with Crippen molar-refractivity contribution in [3.63, 3.8) is 0 Å². The highest BCUT2D eigenvalue weighted by Gasteiger charge is 2.25. The van der Waals surface area contributed by atoms with Crippen LogP contribution in [-0.4, -0.2) is 42.0 Å². The first-order valence-corrected chi connectivity index (χ1v) is 8.31. The standard InChI is InChI=1S/C15H26ClNO2/c16-12-13-6-2-1-4-10-17(13)15(18)9-8-14-7-3-5-11-19-14/h13-14H,1-12H2. The van der Waals surface area contributed by atoms with E-state index < -0.39 is 0 Å². The summed E-state index contributed by atoms with van der Waals surface area (Å²) < 4.78 is 5.70.